The fraction of sp³-hybridized carbons (Fsp3) is 0.900. The van der Waals surface area contributed by atoms with Crippen molar-refractivity contribution in [3.8, 4) is 0 Å². The van der Waals surface area contributed by atoms with Crippen molar-refractivity contribution in [2.24, 2.45) is 11.1 Å². The van der Waals surface area contributed by atoms with Gasteiger partial charge in [-0.2, -0.15) is 0 Å². The van der Waals surface area contributed by atoms with Gasteiger partial charge >= 0.3 is 13.1 Å². The first-order chi connectivity index (χ1) is 8.05. The molecule has 98 valence electrons. The van der Waals surface area contributed by atoms with Crippen LogP contribution in [0.25, 0.3) is 0 Å². The second-order valence-electron chi connectivity index (χ2n) is 4.60. The summed E-state index contributed by atoms with van der Waals surface area (Å²) in [5.41, 5.74) is 5.48. The van der Waals surface area contributed by atoms with E-state index in [0.29, 0.717) is 25.7 Å². The molecule has 1 rings (SSSR count). The third-order valence-corrected chi connectivity index (χ3v) is 3.56. The molecule has 6 nitrogen and oxygen atoms in total. The number of nitrogens with two attached hydrogens (primary N) is 1. The zero-order valence-corrected chi connectivity index (χ0v) is 10.2. The summed E-state index contributed by atoms with van der Waals surface area (Å²) in [6.07, 6.45) is 2.43. The first-order valence-corrected chi connectivity index (χ1v) is 5.93. The zero-order valence-electron chi connectivity index (χ0n) is 10.2. The number of hydrogen-bond acceptors (Lipinski definition) is 6. The quantitative estimate of drug-likeness (QED) is 0.342. The molecule has 0 aromatic rings. The topological polar surface area (TPSA) is 105 Å². The van der Waals surface area contributed by atoms with Gasteiger partial charge in [0.15, 0.2) is 0 Å². The van der Waals surface area contributed by atoms with Crippen LogP contribution in [0.3, 0.4) is 0 Å². The average Bonchev–Trinajstić information content (AvgIpc) is 2.72. The third-order valence-electron chi connectivity index (χ3n) is 3.56. The minimum Gasteiger partial charge on any atom is -0.468 e. The molecule has 0 unspecified atom stereocenters. The summed E-state index contributed by atoms with van der Waals surface area (Å²) < 4.78 is 4.76. The largest absolute Gasteiger partial charge is 0.468 e. The van der Waals surface area contributed by atoms with Crippen molar-refractivity contribution in [2.75, 3.05) is 20.2 Å². The molecule has 17 heavy (non-hydrogen) atoms. The highest BCUT2D eigenvalue weighted by Gasteiger charge is 2.45. The van der Waals surface area contributed by atoms with Crippen LogP contribution in [0.2, 0.25) is 6.32 Å². The van der Waals surface area contributed by atoms with Crippen molar-refractivity contribution in [1.82, 2.24) is 5.32 Å². The predicted octanol–water partition coefficient (Wildman–Crippen LogP) is -1.28. The van der Waals surface area contributed by atoms with E-state index >= 15 is 0 Å². The van der Waals surface area contributed by atoms with Crippen molar-refractivity contribution < 1.29 is 19.6 Å². The SMILES string of the molecule is COC(=O)[C@H]1NCC[C@@]1(CN)CCCB(O)O. The number of ether oxygens (including phenoxy) is 1. The lowest BCUT2D eigenvalue weighted by molar-refractivity contribution is -0.145. The lowest BCUT2D eigenvalue weighted by Gasteiger charge is -2.32. The molecule has 0 saturated carbocycles. The van der Waals surface area contributed by atoms with E-state index in [4.69, 9.17) is 20.5 Å². The van der Waals surface area contributed by atoms with Crippen LogP contribution in [0.4, 0.5) is 0 Å². The van der Waals surface area contributed by atoms with Crippen LogP contribution in [0.15, 0.2) is 0 Å². The van der Waals surface area contributed by atoms with Crippen molar-refractivity contribution in [1.29, 1.82) is 0 Å². The Kier molecular flexibility index (Phi) is 5.39. The number of esters is 1. The molecule has 0 aromatic heterocycles. The molecular formula is C10H21BN2O4. The first-order valence-electron chi connectivity index (χ1n) is 5.93. The van der Waals surface area contributed by atoms with Crippen LogP contribution in [0.5, 0.6) is 0 Å². The highest BCUT2D eigenvalue weighted by Crippen LogP contribution is 2.36. The molecule has 0 bridgehead atoms. The summed E-state index contributed by atoms with van der Waals surface area (Å²) in [5, 5.41) is 20.8. The van der Waals surface area contributed by atoms with E-state index in [1.54, 1.807) is 0 Å². The zero-order chi connectivity index (χ0) is 12.9. The number of rotatable bonds is 6. The summed E-state index contributed by atoms with van der Waals surface area (Å²) in [6.45, 7) is 1.12. The van der Waals surface area contributed by atoms with Gasteiger partial charge < -0.3 is 25.8 Å². The molecule has 7 heteroatoms. The molecule has 5 N–H and O–H groups in total. The maximum absolute atomic E-state index is 11.6. The summed E-state index contributed by atoms with van der Waals surface area (Å²) in [5.74, 6) is -0.294. The van der Waals surface area contributed by atoms with Gasteiger partial charge in [-0.25, -0.2) is 0 Å². The Balaban J connectivity index is 2.62. The Morgan fingerprint density at radius 1 is 1.65 bits per heavy atom. The summed E-state index contributed by atoms with van der Waals surface area (Å²) in [4.78, 5) is 11.6. The maximum atomic E-state index is 11.6. The number of nitrogens with one attached hydrogen (secondary N) is 1. The van der Waals surface area contributed by atoms with Gasteiger partial charge in [0, 0.05) is 12.0 Å². The van der Waals surface area contributed by atoms with Gasteiger partial charge in [0.2, 0.25) is 0 Å². The van der Waals surface area contributed by atoms with Crippen LogP contribution < -0.4 is 11.1 Å². The van der Waals surface area contributed by atoms with Crippen LogP contribution in [0, 0.1) is 5.41 Å². The van der Waals surface area contributed by atoms with Gasteiger partial charge in [-0.1, -0.05) is 6.42 Å². The van der Waals surface area contributed by atoms with Crippen LogP contribution in [-0.4, -0.2) is 49.4 Å². The van der Waals surface area contributed by atoms with E-state index in [2.05, 4.69) is 5.32 Å². The van der Waals surface area contributed by atoms with Gasteiger partial charge in [-0.3, -0.25) is 4.79 Å². The molecule has 1 aliphatic heterocycles. The minimum absolute atomic E-state index is 0.294. The molecular weight excluding hydrogens is 223 g/mol. The number of carbonyl (C=O) groups excluding carboxylic acids is 1. The average molecular weight is 244 g/mol. The fourth-order valence-corrected chi connectivity index (χ4v) is 2.51. The fourth-order valence-electron chi connectivity index (χ4n) is 2.51. The second kappa shape index (κ2) is 6.35. The summed E-state index contributed by atoms with van der Waals surface area (Å²) in [7, 11) is 0.0666. The van der Waals surface area contributed by atoms with E-state index in [9.17, 15) is 4.79 Å². The molecule has 0 radical (unpaired) electrons. The van der Waals surface area contributed by atoms with Crippen LogP contribution in [0.1, 0.15) is 19.3 Å². The predicted molar refractivity (Wildman–Crippen MR) is 64.1 cm³/mol. The van der Waals surface area contributed by atoms with Gasteiger partial charge in [0.05, 0.1) is 7.11 Å². The number of carbonyl (C=O) groups is 1. The molecule has 0 aromatic carbocycles. The number of hydrogen-bond donors (Lipinski definition) is 4. The smallest absolute Gasteiger partial charge is 0.451 e. The molecule has 0 amide bonds. The number of methoxy groups -OCH3 is 1. The monoisotopic (exact) mass is 244 g/mol. The Bertz CT molecular complexity index is 265. The first kappa shape index (κ1) is 14.4. The van der Waals surface area contributed by atoms with Crippen molar-refractivity contribution in [3.63, 3.8) is 0 Å². The molecule has 1 fully saturated rings. The van der Waals surface area contributed by atoms with Gasteiger partial charge in [-0.05, 0) is 25.7 Å². The van der Waals surface area contributed by atoms with Gasteiger partial charge in [0.25, 0.3) is 0 Å². The molecule has 0 aliphatic carbocycles. The lowest BCUT2D eigenvalue weighted by atomic mass is 9.73. The van der Waals surface area contributed by atoms with E-state index in [1.807, 2.05) is 0 Å². The highest BCUT2D eigenvalue weighted by molar-refractivity contribution is 6.40. The van der Waals surface area contributed by atoms with E-state index in [1.165, 1.54) is 7.11 Å². The highest BCUT2D eigenvalue weighted by atomic mass is 16.5. The van der Waals surface area contributed by atoms with Crippen LogP contribution in [-0.2, 0) is 9.53 Å². The Morgan fingerprint density at radius 3 is 2.88 bits per heavy atom. The minimum atomic E-state index is -1.30. The maximum Gasteiger partial charge on any atom is 0.451 e. The summed E-state index contributed by atoms with van der Waals surface area (Å²) in [6, 6.07) is -0.381. The third kappa shape index (κ3) is 3.42. The normalized spacial score (nSPS) is 28.1. The van der Waals surface area contributed by atoms with E-state index in [0.717, 1.165) is 13.0 Å². The molecule has 1 heterocycles. The van der Waals surface area contributed by atoms with E-state index in [-0.39, 0.29) is 17.4 Å². The van der Waals surface area contributed by atoms with Crippen molar-refractivity contribution in [2.45, 2.75) is 31.6 Å². The van der Waals surface area contributed by atoms with E-state index < -0.39 is 7.12 Å². The molecule has 1 saturated heterocycles. The molecule has 1 aliphatic rings. The lowest BCUT2D eigenvalue weighted by Crippen LogP contribution is -2.48. The second-order valence-corrected chi connectivity index (χ2v) is 4.60. The van der Waals surface area contributed by atoms with Gasteiger partial charge in [-0.15, -0.1) is 0 Å². The van der Waals surface area contributed by atoms with Crippen molar-refractivity contribution >= 4 is 13.1 Å². The Hall–Kier alpha value is -0.625. The molecule has 0 spiro atoms. The Morgan fingerprint density at radius 2 is 2.35 bits per heavy atom. The standard InChI is InChI=1S/C10H21BN2O4/c1-17-9(14)8-10(7-12,4-6-13-8)3-2-5-11(15)16/h8,13,15-16H,2-7,12H2,1H3/t8-,10-/m1/s1. The van der Waals surface area contributed by atoms with Gasteiger partial charge in [0.1, 0.15) is 6.04 Å². The Labute approximate surface area is 102 Å². The van der Waals surface area contributed by atoms with Crippen molar-refractivity contribution in [3.05, 3.63) is 0 Å². The van der Waals surface area contributed by atoms with Crippen LogP contribution >= 0.6 is 0 Å². The summed E-state index contributed by atoms with van der Waals surface area (Å²) >= 11 is 0. The molecule has 2 atom stereocenters.